The molecule has 0 spiro atoms. The molecule has 26 heavy (non-hydrogen) atoms. The summed E-state index contributed by atoms with van der Waals surface area (Å²) in [4.78, 5) is 18.3. The first-order chi connectivity index (χ1) is 12.5. The Morgan fingerprint density at radius 3 is 2.58 bits per heavy atom. The summed E-state index contributed by atoms with van der Waals surface area (Å²) in [6, 6.07) is 11.6. The number of aryl methyl sites for hydroxylation is 1. The van der Waals surface area contributed by atoms with Crippen LogP contribution < -0.4 is 5.32 Å². The van der Waals surface area contributed by atoms with E-state index in [4.69, 9.17) is 9.73 Å². The lowest BCUT2D eigenvalue weighted by atomic mass is 10.1. The van der Waals surface area contributed by atoms with E-state index in [2.05, 4.69) is 27.8 Å². The van der Waals surface area contributed by atoms with Gasteiger partial charge in [0.25, 0.3) is 0 Å². The summed E-state index contributed by atoms with van der Waals surface area (Å²) < 4.78 is 6.83. The molecule has 0 atom stereocenters. The maximum absolute atomic E-state index is 11.5. The van der Waals surface area contributed by atoms with E-state index >= 15 is 0 Å². The van der Waals surface area contributed by atoms with E-state index in [9.17, 15) is 4.79 Å². The zero-order chi connectivity index (χ0) is 18.9. The Labute approximate surface area is 155 Å². The van der Waals surface area contributed by atoms with Gasteiger partial charge in [-0.05, 0) is 43.2 Å². The Hall–Kier alpha value is -2.76. The van der Waals surface area contributed by atoms with Gasteiger partial charge in [0.1, 0.15) is 0 Å². The van der Waals surface area contributed by atoms with Crippen LogP contribution in [0, 0.1) is 0 Å². The predicted molar refractivity (Wildman–Crippen MR) is 104 cm³/mol. The number of hydrogen-bond donors (Lipinski definition) is 1. The van der Waals surface area contributed by atoms with Crippen LogP contribution in [0.2, 0.25) is 0 Å². The Balaban J connectivity index is 1.95. The molecule has 140 valence electrons. The first-order valence-corrected chi connectivity index (χ1v) is 8.82. The number of methoxy groups -OCH3 is 1. The fraction of sp³-hybridized carbons (Fsp3) is 0.400. The second-order valence-electron chi connectivity index (χ2n) is 6.14. The van der Waals surface area contributed by atoms with Crippen molar-refractivity contribution in [3.05, 3.63) is 59.4 Å². The number of benzene rings is 1. The molecular formula is C20H28N4O2. The molecule has 0 saturated heterocycles. The van der Waals surface area contributed by atoms with E-state index in [0.29, 0.717) is 12.1 Å². The average molecular weight is 356 g/mol. The highest BCUT2D eigenvalue weighted by molar-refractivity contribution is 5.89. The molecule has 1 aromatic heterocycles. The standard InChI is InChI=1S/C20H28N4O2/c1-5-21-20(24(3)15-18-7-6-14-23(18)2)22-13-12-16-8-10-17(11-9-16)19(25)26-4/h6-11,14H,5,12-13,15H2,1-4H3,(H,21,22). The molecule has 6 nitrogen and oxygen atoms in total. The number of aromatic nitrogens is 1. The molecule has 2 rings (SSSR count). The van der Waals surface area contributed by atoms with Crippen LogP contribution in [0.1, 0.15) is 28.5 Å². The fourth-order valence-corrected chi connectivity index (χ4v) is 2.66. The zero-order valence-electron chi connectivity index (χ0n) is 16.0. The lowest BCUT2D eigenvalue weighted by Crippen LogP contribution is -2.39. The average Bonchev–Trinajstić information content (AvgIpc) is 3.05. The number of rotatable bonds is 7. The highest BCUT2D eigenvalue weighted by Gasteiger charge is 2.08. The molecule has 6 heteroatoms. The third-order valence-electron chi connectivity index (χ3n) is 4.18. The molecule has 2 aromatic rings. The van der Waals surface area contributed by atoms with Crippen molar-refractivity contribution in [3.8, 4) is 0 Å². The van der Waals surface area contributed by atoms with Crippen LogP contribution in [0.3, 0.4) is 0 Å². The summed E-state index contributed by atoms with van der Waals surface area (Å²) in [5, 5.41) is 3.34. The summed E-state index contributed by atoms with van der Waals surface area (Å²) in [7, 11) is 5.48. The number of nitrogens with zero attached hydrogens (tertiary/aromatic N) is 3. The maximum Gasteiger partial charge on any atom is 0.337 e. The first kappa shape index (κ1) is 19.6. The molecule has 0 radical (unpaired) electrons. The molecule has 0 bridgehead atoms. The molecule has 0 fully saturated rings. The molecule has 0 aliphatic rings. The van der Waals surface area contributed by atoms with Crippen LogP contribution in [0.15, 0.2) is 47.6 Å². The SMILES string of the molecule is CCNC(=NCCc1ccc(C(=O)OC)cc1)N(C)Cc1cccn1C. The minimum Gasteiger partial charge on any atom is -0.465 e. The summed E-state index contributed by atoms with van der Waals surface area (Å²) >= 11 is 0. The predicted octanol–water partition coefficient (Wildman–Crippen LogP) is 2.45. The molecule has 0 aliphatic carbocycles. The third-order valence-corrected chi connectivity index (χ3v) is 4.18. The Bertz CT molecular complexity index is 735. The smallest absolute Gasteiger partial charge is 0.337 e. The van der Waals surface area contributed by atoms with Gasteiger partial charge in [0.2, 0.25) is 0 Å². The quantitative estimate of drug-likeness (QED) is 0.470. The number of carbonyl (C=O) groups excluding carboxylic acids is 1. The van der Waals surface area contributed by atoms with Crippen molar-refractivity contribution in [1.82, 2.24) is 14.8 Å². The van der Waals surface area contributed by atoms with Crippen molar-refractivity contribution < 1.29 is 9.53 Å². The topological polar surface area (TPSA) is 58.9 Å². The van der Waals surface area contributed by atoms with Gasteiger partial charge in [-0.15, -0.1) is 0 Å². The molecular weight excluding hydrogens is 328 g/mol. The van der Waals surface area contributed by atoms with Crippen LogP contribution in [0.5, 0.6) is 0 Å². The molecule has 1 N–H and O–H groups in total. The monoisotopic (exact) mass is 356 g/mol. The van der Waals surface area contributed by atoms with E-state index in [1.165, 1.54) is 12.8 Å². The van der Waals surface area contributed by atoms with Crippen LogP contribution in [-0.2, 0) is 24.8 Å². The number of guanidine groups is 1. The van der Waals surface area contributed by atoms with Gasteiger partial charge in [0, 0.05) is 39.1 Å². The Morgan fingerprint density at radius 2 is 2.00 bits per heavy atom. The zero-order valence-corrected chi connectivity index (χ0v) is 16.0. The van der Waals surface area contributed by atoms with Gasteiger partial charge in [0.15, 0.2) is 5.96 Å². The Kier molecular flexibility index (Phi) is 7.26. The molecule has 1 heterocycles. The third kappa shape index (κ3) is 5.37. The fourth-order valence-electron chi connectivity index (χ4n) is 2.66. The number of carbonyl (C=O) groups is 1. The second-order valence-corrected chi connectivity index (χ2v) is 6.14. The molecule has 0 saturated carbocycles. The highest BCUT2D eigenvalue weighted by Crippen LogP contribution is 2.07. The van der Waals surface area contributed by atoms with Crippen LogP contribution in [0.25, 0.3) is 0 Å². The number of ether oxygens (including phenoxy) is 1. The maximum atomic E-state index is 11.5. The lowest BCUT2D eigenvalue weighted by Gasteiger charge is -2.22. The normalized spacial score (nSPS) is 11.3. The largest absolute Gasteiger partial charge is 0.465 e. The molecule has 0 amide bonds. The summed E-state index contributed by atoms with van der Waals surface area (Å²) in [5.74, 6) is 0.575. The van der Waals surface area contributed by atoms with Gasteiger partial charge in [-0.2, -0.15) is 0 Å². The van der Waals surface area contributed by atoms with Crippen molar-refractivity contribution in [2.24, 2.45) is 12.0 Å². The first-order valence-electron chi connectivity index (χ1n) is 8.82. The van der Waals surface area contributed by atoms with E-state index in [1.54, 1.807) is 12.1 Å². The van der Waals surface area contributed by atoms with Gasteiger partial charge >= 0.3 is 5.97 Å². The van der Waals surface area contributed by atoms with Crippen molar-refractivity contribution >= 4 is 11.9 Å². The van der Waals surface area contributed by atoms with Crippen LogP contribution >= 0.6 is 0 Å². The summed E-state index contributed by atoms with van der Waals surface area (Å²) in [6.07, 6.45) is 2.86. The molecule has 0 unspecified atom stereocenters. The number of esters is 1. The van der Waals surface area contributed by atoms with E-state index in [-0.39, 0.29) is 5.97 Å². The van der Waals surface area contributed by atoms with Gasteiger partial charge in [0.05, 0.1) is 19.2 Å². The van der Waals surface area contributed by atoms with Crippen molar-refractivity contribution in [1.29, 1.82) is 0 Å². The second kappa shape index (κ2) is 9.65. The summed E-state index contributed by atoms with van der Waals surface area (Å²) in [5.41, 5.74) is 2.94. The van der Waals surface area contributed by atoms with Gasteiger partial charge in [-0.3, -0.25) is 4.99 Å². The molecule has 1 aromatic carbocycles. The molecule has 0 aliphatic heterocycles. The van der Waals surface area contributed by atoms with E-state index in [0.717, 1.165) is 31.0 Å². The minimum atomic E-state index is -0.314. The van der Waals surface area contributed by atoms with Gasteiger partial charge < -0.3 is 19.5 Å². The van der Waals surface area contributed by atoms with Crippen molar-refractivity contribution in [2.75, 3.05) is 27.2 Å². The minimum absolute atomic E-state index is 0.314. The van der Waals surface area contributed by atoms with E-state index in [1.807, 2.05) is 38.5 Å². The van der Waals surface area contributed by atoms with Crippen molar-refractivity contribution in [3.63, 3.8) is 0 Å². The Morgan fingerprint density at radius 1 is 1.27 bits per heavy atom. The summed E-state index contributed by atoms with van der Waals surface area (Å²) in [6.45, 7) is 4.36. The number of hydrogen-bond acceptors (Lipinski definition) is 3. The van der Waals surface area contributed by atoms with Crippen LogP contribution in [0.4, 0.5) is 0 Å². The number of nitrogens with one attached hydrogen (secondary N) is 1. The highest BCUT2D eigenvalue weighted by atomic mass is 16.5. The van der Waals surface area contributed by atoms with E-state index < -0.39 is 0 Å². The number of aliphatic imine (C=N–C) groups is 1. The van der Waals surface area contributed by atoms with Gasteiger partial charge in [-0.25, -0.2) is 4.79 Å². The van der Waals surface area contributed by atoms with Crippen LogP contribution in [-0.4, -0.2) is 48.6 Å². The van der Waals surface area contributed by atoms with Gasteiger partial charge in [-0.1, -0.05) is 12.1 Å². The lowest BCUT2D eigenvalue weighted by molar-refractivity contribution is 0.0600. The van der Waals surface area contributed by atoms with Crippen molar-refractivity contribution in [2.45, 2.75) is 19.9 Å².